The molecule has 39 heavy (non-hydrogen) atoms. The molecule has 0 bridgehead atoms. The molecule has 3 heterocycles. The second-order valence-corrected chi connectivity index (χ2v) is 10.9. The number of amides is 2. The molecule has 7 heteroatoms. The van der Waals surface area contributed by atoms with Gasteiger partial charge in [0.1, 0.15) is 0 Å². The van der Waals surface area contributed by atoms with Crippen LogP contribution in [0.15, 0.2) is 79.1 Å². The van der Waals surface area contributed by atoms with E-state index in [2.05, 4.69) is 29.4 Å². The minimum Gasteiger partial charge on any atom is -0.347 e. The molecule has 2 aromatic carbocycles. The first kappa shape index (κ1) is 27.0. The summed E-state index contributed by atoms with van der Waals surface area (Å²) in [5.41, 5.74) is 3.80. The van der Waals surface area contributed by atoms with Gasteiger partial charge in [-0.25, -0.2) is 0 Å². The van der Waals surface area contributed by atoms with E-state index in [0.717, 1.165) is 41.5 Å². The number of nitrogens with one attached hydrogen (secondary N) is 1. The monoisotopic (exact) mass is 527 g/mol. The van der Waals surface area contributed by atoms with Gasteiger partial charge in [-0.1, -0.05) is 61.5 Å². The van der Waals surface area contributed by atoms with Gasteiger partial charge in [0.15, 0.2) is 18.0 Å². The Balaban J connectivity index is 1.33. The second kappa shape index (κ2) is 10.9. The number of hydrogen-bond donors (Lipinski definition) is 1. The fourth-order valence-corrected chi connectivity index (χ4v) is 5.99. The fourth-order valence-electron chi connectivity index (χ4n) is 5.99. The van der Waals surface area contributed by atoms with E-state index in [4.69, 9.17) is 9.47 Å². The molecular weight excluding hydrogens is 490 g/mol. The van der Waals surface area contributed by atoms with Gasteiger partial charge in [-0.3, -0.25) is 14.6 Å². The first-order valence-corrected chi connectivity index (χ1v) is 13.8. The van der Waals surface area contributed by atoms with E-state index in [9.17, 15) is 9.59 Å². The molecule has 1 N–H and O–H groups in total. The highest BCUT2D eigenvalue weighted by Crippen LogP contribution is 2.43. The van der Waals surface area contributed by atoms with E-state index >= 15 is 0 Å². The Kier molecular flexibility index (Phi) is 7.56. The number of hydrogen-bond acceptors (Lipinski definition) is 5. The molecule has 2 saturated heterocycles. The third kappa shape index (κ3) is 5.34. The van der Waals surface area contributed by atoms with Gasteiger partial charge in [-0.15, -0.1) is 0 Å². The predicted octanol–water partition coefficient (Wildman–Crippen LogP) is 5.37. The van der Waals surface area contributed by atoms with Gasteiger partial charge in [0, 0.05) is 18.9 Å². The van der Waals surface area contributed by atoms with Crippen molar-refractivity contribution in [2.75, 3.05) is 6.54 Å². The maximum Gasteiger partial charge on any atom is 0.255 e. The van der Waals surface area contributed by atoms with E-state index in [1.54, 1.807) is 26.2 Å². The van der Waals surface area contributed by atoms with Crippen molar-refractivity contribution in [3.63, 3.8) is 0 Å². The van der Waals surface area contributed by atoms with Crippen molar-refractivity contribution >= 4 is 11.8 Å². The number of carbonyl (C=O) groups excluding carboxylic acids is 2. The molecule has 204 valence electrons. The molecule has 0 radical (unpaired) electrons. The van der Waals surface area contributed by atoms with Gasteiger partial charge in [0.2, 0.25) is 0 Å². The van der Waals surface area contributed by atoms with Crippen LogP contribution in [-0.2, 0) is 24.6 Å². The minimum absolute atomic E-state index is 0.196. The van der Waals surface area contributed by atoms with Crippen molar-refractivity contribution < 1.29 is 19.1 Å². The summed E-state index contributed by atoms with van der Waals surface area (Å²) in [5.74, 6) is -1.61. The van der Waals surface area contributed by atoms with Gasteiger partial charge in [0.05, 0.1) is 11.6 Å². The molecule has 1 aromatic heterocycles. The molecular formula is C32H37N3O4. The van der Waals surface area contributed by atoms with E-state index in [1.165, 1.54) is 0 Å². The lowest BCUT2D eigenvalue weighted by Gasteiger charge is -2.40. The molecule has 7 nitrogen and oxygen atoms in total. The Morgan fingerprint density at radius 3 is 2.28 bits per heavy atom. The highest BCUT2D eigenvalue weighted by Gasteiger charge is 2.54. The smallest absolute Gasteiger partial charge is 0.255 e. The number of nitrogens with zero attached hydrogens (tertiary/aromatic N) is 2. The average molecular weight is 528 g/mol. The number of likely N-dealkylation sites (tertiary alicyclic amines) is 1. The standard InChI is InChI=1S/C32H37N3O4/c1-5-32(26-10-7-6-8-11-26)18-9-21-35(32)30(37)28-27(38-31(3,4)39-28)29(36)34-22(2)23-12-14-24(15-13-23)25-16-19-33-20-17-25/h6-8,10-17,19-20,22,27-28H,5,9,18,21H2,1-4H3,(H,34,36)/t22-,27-,28+,32?/m1/s1. The molecule has 3 aromatic rings. The molecule has 0 saturated carbocycles. The summed E-state index contributed by atoms with van der Waals surface area (Å²) in [4.78, 5) is 33.6. The minimum atomic E-state index is -1.06. The van der Waals surface area contributed by atoms with Crippen LogP contribution in [0.25, 0.3) is 11.1 Å². The second-order valence-electron chi connectivity index (χ2n) is 10.9. The van der Waals surface area contributed by atoms with E-state index in [1.807, 2.05) is 66.4 Å². The van der Waals surface area contributed by atoms with Crippen molar-refractivity contribution in [3.8, 4) is 11.1 Å². The molecule has 2 aliphatic heterocycles. The van der Waals surface area contributed by atoms with E-state index in [0.29, 0.717) is 6.54 Å². The van der Waals surface area contributed by atoms with Crippen LogP contribution < -0.4 is 5.32 Å². The average Bonchev–Trinajstić information content (AvgIpc) is 3.55. The molecule has 1 unspecified atom stereocenters. The maximum atomic E-state index is 14.1. The molecule has 2 amide bonds. The van der Waals surface area contributed by atoms with Crippen LogP contribution in [0.2, 0.25) is 0 Å². The number of benzene rings is 2. The Morgan fingerprint density at radius 2 is 1.62 bits per heavy atom. The predicted molar refractivity (Wildman–Crippen MR) is 149 cm³/mol. The van der Waals surface area contributed by atoms with Crippen molar-refractivity contribution in [1.29, 1.82) is 0 Å². The Bertz CT molecular complexity index is 1300. The highest BCUT2D eigenvalue weighted by atomic mass is 16.8. The summed E-state index contributed by atoms with van der Waals surface area (Å²) in [5, 5.41) is 3.05. The molecule has 2 fully saturated rings. The summed E-state index contributed by atoms with van der Waals surface area (Å²) in [6, 6.07) is 21.9. The van der Waals surface area contributed by atoms with Crippen molar-refractivity contribution in [2.45, 2.75) is 76.5 Å². The molecule has 2 aliphatic rings. The number of carbonyl (C=O) groups is 2. The lowest BCUT2D eigenvalue weighted by molar-refractivity contribution is -0.165. The Labute approximate surface area is 230 Å². The summed E-state index contributed by atoms with van der Waals surface area (Å²) in [7, 11) is 0. The van der Waals surface area contributed by atoms with Crippen LogP contribution in [0.3, 0.4) is 0 Å². The van der Waals surface area contributed by atoms with Crippen LogP contribution in [0.5, 0.6) is 0 Å². The lowest BCUT2D eigenvalue weighted by Crippen LogP contribution is -2.53. The largest absolute Gasteiger partial charge is 0.347 e. The number of rotatable bonds is 7. The Hall–Kier alpha value is -3.55. The van der Waals surface area contributed by atoms with Gasteiger partial charge >= 0.3 is 0 Å². The zero-order chi connectivity index (χ0) is 27.6. The van der Waals surface area contributed by atoms with Gasteiger partial charge in [-0.05, 0) is 74.4 Å². The number of pyridine rings is 1. The van der Waals surface area contributed by atoms with Crippen LogP contribution in [0, 0.1) is 0 Å². The molecule has 0 spiro atoms. The number of aromatic nitrogens is 1. The summed E-state index contributed by atoms with van der Waals surface area (Å²) < 4.78 is 12.1. The van der Waals surface area contributed by atoms with E-state index < -0.39 is 23.5 Å². The van der Waals surface area contributed by atoms with Crippen molar-refractivity contribution in [3.05, 3.63) is 90.3 Å². The van der Waals surface area contributed by atoms with Crippen LogP contribution in [0.1, 0.15) is 64.1 Å². The van der Waals surface area contributed by atoms with E-state index in [-0.39, 0.29) is 17.9 Å². The topological polar surface area (TPSA) is 80.8 Å². The first-order valence-electron chi connectivity index (χ1n) is 13.8. The number of ether oxygens (including phenoxy) is 2. The fraction of sp³-hybridized carbons (Fsp3) is 0.406. The Morgan fingerprint density at radius 1 is 0.974 bits per heavy atom. The van der Waals surface area contributed by atoms with Gasteiger partial charge in [0.25, 0.3) is 11.8 Å². The van der Waals surface area contributed by atoms with Crippen LogP contribution in [-0.4, -0.2) is 46.2 Å². The summed E-state index contributed by atoms with van der Waals surface area (Å²) in [6.45, 7) is 8.15. The normalized spacial score (nSPS) is 24.9. The van der Waals surface area contributed by atoms with Crippen molar-refractivity contribution in [1.82, 2.24) is 15.2 Å². The van der Waals surface area contributed by atoms with Crippen LogP contribution >= 0.6 is 0 Å². The molecule has 4 atom stereocenters. The summed E-state index contributed by atoms with van der Waals surface area (Å²) in [6.07, 6.45) is 4.02. The van der Waals surface area contributed by atoms with Crippen molar-refractivity contribution in [2.24, 2.45) is 0 Å². The maximum absolute atomic E-state index is 14.1. The van der Waals surface area contributed by atoms with Crippen LogP contribution in [0.4, 0.5) is 0 Å². The molecule has 0 aliphatic carbocycles. The SMILES string of the molecule is CCC1(c2ccccc2)CCCN1C(=O)[C@H]1OC(C)(C)O[C@H]1C(=O)N[C@H](C)c1ccc(-c2ccncc2)cc1. The first-order chi connectivity index (χ1) is 18.7. The quantitative estimate of drug-likeness (QED) is 0.447. The highest BCUT2D eigenvalue weighted by molar-refractivity contribution is 5.92. The lowest BCUT2D eigenvalue weighted by atomic mass is 9.84. The van der Waals surface area contributed by atoms with Gasteiger partial charge in [-0.2, -0.15) is 0 Å². The third-order valence-corrected chi connectivity index (χ3v) is 8.03. The molecule has 5 rings (SSSR count). The zero-order valence-electron chi connectivity index (χ0n) is 23.1. The zero-order valence-corrected chi connectivity index (χ0v) is 23.1. The third-order valence-electron chi connectivity index (χ3n) is 8.03. The van der Waals surface area contributed by atoms with Gasteiger partial charge < -0.3 is 19.7 Å². The summed E-state index contributed by atoms with van der Waals surface area (Å²) >= 11 is 0.